The van der Waals surface area contributed by atoms with E-state index in [0.29, 0.717) is 30.3 Å². The molecule has 0 fully saturated rings. The van der Waals surface area contributed by atoms with E-state index in [-0.39, 0.29) is 17.8 Å². The predicted molar refractivity (Wildman–Crippen MR) is 111 cm³/mol. The quantitative estimate of drug-likeness (QED) is 0.620. The molecule has 9 heteroatoms. The van der Waals surface area contributed by atoms with Crippen molar-refractivity contribution in [2.75, 3.05) is 6.61 Å². The number of carbonyl (C=O) groups is 1. The maximum atomic E-state index is 12.9. The largest absolute Gasteiger partial charge is 0.492 e. The molecule has 0 aliphatic heterocycles. The van der Waals surface area contributed by atoms with E-state index in [1.165, 1.54) is 35.5 Å². The number of aryl methyl sites for hydroxylation is 2. The van der Waals surface area contributed by atoms with Crippen LogP contribution in [0.4, 0.5) is 4.39 Å². The summed E-state index contributed by atoms with van der Waals surface area (Å²) in [5.74, 6) is 0.00301. The summed E-state index contributed by atoms with van der Waals surface area (Å²) in [5, 5.41) is 12.0. The van der Waals surface area contributed by atoms with Crippen molar-refractivity contribution in [1.29, 1.82) is 0 Å². The first-order valence-corrected chi connectivity index (χ1v) is 10.9. The highest BCUT2D eigenvalue weighted by Crippen LogP contribution is 2.29. The highest BCUT2D eigenvalue weighted by atomic mass is 32.1. The van der Waals surface area contributed by atoms with Crippen LogP contribution in [0.1, 0.15) is 57.6 Å². The Balaban J connectivity index is 1.34. The van der Waals surface area contributed by atoms with E-state index in [4.69, 9.17) is 9.72 Å². The van der Waals surface area contributed by atoms with Gasteiger partial charge < -0.3 is 10.1 Å². The van der Waals surface area contributed by atoms with E-state index >= 15 is 0 Å². The zero-order valence-corrected chi connectivity index (χ0v) is 17.8. The van der Waals surface area contributed by atoms with Crippen LogP contribution in [0.5, 0.6) is 5.75 Å². The van der Waals surface area contributed by atoms with Gasteiger partial charge >= 0.3 is 0 Å². The van der Waals surface area contributed by atoms with Gasteiger partial charge in [-0.2, -0.15) is 0 Å². The van der Waals surface area contributed by atoms with Crippen LogP contribution in [0.25, 0.3) is 0 Å². The summed E-state index contributed by atoms with van der Waals surface area (Å²) < 4.78 is 20.2. The lowest BCUT2D eigenvalue weighted by molar-refractivity contribution is 0.0934. The number of amides is 1. The number of rotatable bonds is 7. The fourth-order valence-electron chi connectivity index (χ4n) is 3.45. The number of aromatic nitrogens is 4. The van der Waals surface area contributed by atoms with Crippen LogP contribution >= 0.6 is 11.3 Å². The molecule has 0 saturated carbocycles. The van der Waals surface area contributed by atoms with Crippen LogP contribution in [0.15, 0.2) is 24.3 Å². The average Bonchev–Trinajstić information content (AvgIpc) is 3.33. The molecule has 1 atom stereocenters. The lowest BCUT2D eigenvalue weighted by Crippen LogP contribution is -2.27. The van der Waals surface area contributed by atoms with Crippen molar-refractivity contribution in [2.24, 2.45) is 0 Å². The third-order valence-electron chi connectivity index (χ3n) is 5.16. The molecule has 30 heavy (non-hydrogen) atoms. The Labute approximate surface area is 178 Å². The molecule has 2 aromatic heterocycles. The summed E-state index contributed by atoms with van der Waals surface area (Å²) in [5.41, 5.74) is 2.15. The number of thiazole rings is 1. The van der Waals surface area contributed by atoms with Gasteiger partial charge in [-0.3, -0.25) is 4.79 Å². The first-order valence-electron chi connectivity index (χ1n) is 10.1. The lowest BCUT2D eigenvalue weighted by atomic mass is 10.0. The average molecular weight is 430 g/mol. The minimum absolute atomic E-state index is 0.181. The maximum absolute atomic E-state index is 12.9. The van der Waals surface area contributed by atoms with Crippen molar-refractivity contribution >= 4 is 17.2 Å². The Morgan fingerprint density at radius 2 is 2.07 bits per heavy atom. The van der Waals surface area contributed by atoms with E-state index in [1.807, 2.05) is 6.92 Å². The first-order chi connectivity index (χ1) is 14.5. The molecule has 2 heterocycles. The van der Waals surface area contributed by atoms with Gasteiger partial charge in [0, 0.05) is 4.88 Å². The minimum Gasteiger partial charge on any atom is -0.492 e. The summed E-state index contributed by atoms with van der Waals surface area (Å²) in [7, 11) is 0. The van der Waals surface area contributed by atoms with Crippen molar-refractivity contribution in [2.45, 2.75) is 52.1 Å². The molecule has 0 saturated heterocycles. The number of hydrogen-bond acceptors (Lipinski definition) is 6. The molecule has 1 aromatic carbocycles. The SMILES string of the molecule is Cc1c(C(=O)NC(C)c2nc3c(s2)CCCC3)nnn1CCOc1ccc(F)cc1. The van der Waals surface area contributed by atoms with Gasteiger partial charge in [0.15, 0.2) is 5.69 Å². The van der Waals surface area contributed by atoms with Crippen LogP contribution in [0, 0.1) is 12.7 Å². The Bertz CT molecular complexity index is 1010. The molecule has 0 bridgehead atoms. The second kappa shape index (κ2) is 8.91. The number of benzene rings is 1. The molecular weight excluding hydrogens is 405 g/mol. The Kier molecular flexibility index (Phi) is 6.08. The van der Waals surface area contributed by atoms with Crippen molar-refractivity contribution in [1.82, 2.24) is 25.3 Å². The van der Waals surface area contributed by atoms with Crippen molar-refractivity contribution in [3.63, 3.8) is 0 Å². The minimum atomic E-state index is -0.308. The molecule has 7 nitrogen and oxygen atoms in total. The fraction of sp³-hybridized carbons (Fsp3) is 0.429. The first kappa shape index (κ1) is 20.5. The number of nitrogens with one attached hydrogen (secondary N) is 1. The van der Waals surface area contributed by atoms with Gasteiger partial charge in [-0.15, -0.1) is 16.4 Å². The molecule has 1 aliphatic rings. The number of carbonyl (C=O) groups excluding carboxylic acids is 1. The molecule has 4 rings (SSSR count). The monoisotopic (exact) mass is 429 g/mol. The van der Waals surface area contributed by atoms with Crippen LogP contribution in [0.2, 0.25) is 0 Å². The second-order valence-electron chi connectivity index (χ2n) is 7.37. The summed E-state index contributed by atoms with van der Waals surface area (Å²) in [6.07, 6.45) is 4.51. The number of nitrogens with zero attached hydrogens (tertiary/aromatic N) is 4. The van der Waals surface area contributed by atoms with E-state index in [1.54, 1.807) is 35.1 Å². The third-order valence-corrected chi connectivity index (χ3v) is 6.50. The molecule has 1 amide bonds. The van der Waals surface area contributed by atoms with E-state index in [0.717, 1.165) is 17.8 Å². The zero-order chi connectivity index (χ0) is 21.1. The van der Waals surface area contributed by atoms with E-state index in [9.17, 15) is 9.18 Å². The summed E-state index contributed by atoms with van der Waals surface area (Å²) in [6, 6.07) is 5.65. The van der Waals surface area contributed by atoms with Crippen LogP contribution < -0.4 is 10.1 Å². The van der Waals surface area contributed by atoms with Gasteiger partial charge in [0.2, 0.25) is 0 Å². The summed E-state index contributed by atoms with van der Waals surface area (Å²) in [4.78, 5) is 18.8. The van der Waals surface area contributed by atoms with Crippen LogP contribution in [-0.2, 0) is 19.4 Å². The Morgan fingerprint density at radius 3 is 2.83 bits per heavy atom. The molecule has 0 radical (unpaired) electrons. The highest BCUT2D eigenvalue weighted by Gasteiger charge is 2.22. The molecular formula is C21H24FN5O2S. The fourth-order valence-corrected chi connectivity index (χ4v) is 4.60. The zero-order valence-electron chi connectivity index (χ0n) is 17.0. The molecule has 0 spiro atoms. The normalized spacial score (nSPS) is 14.2. The van der Waals surface area contributed by atoms with Gasteiger partial charge in [0.25, 0.3) is 5.91 Å². The number of hydrogen-bond donors (Lipinski definition) is 1. The van der Waals surface area contributed by atoms with Gasteiger partial charge in [-0.1, -0.05) is 5.21 Å². The highest BCUT2D eigenvalue weighted by molar-refractivity contribution is 7.11. The molecule has 1 N–H and O–H groups in total. The van der Waals surface area contributed by atoms with Gasteiger partial charge in [-0.05, 0) is 63.8 Å². The molecule has 1 aliphatic carbocycles. The molecule has 1 unspecified atom stereocenters. The smallest absolute Gasteiger partial charge is 0.274 e. The number of fused-ring (bicyclic) bond motifs is 1. The van der Waals surface area contributed by atoms with Crippen molar-refractivity contribution < 1.29 is 13.9 Å². The predicted octanol–water partition coefficient (Wildman–Crippen LogP) is 3.63. The Morgan fingerprint density at radius 1 is 1.30 bits per heavy atom. The number of halogens is 1. The summed E-state index contributed by atoms with van der Waals surface area (Å²) >= 11 is 1.69. The number of ether oxygens (including phenoxy) is 1. The topological polar surface area (TPSA) is 81.9 Å². The molecule has 158 valence electrons. The lowest BCUT2D eigenvalue weighted by Gasteiger charge is -2.10. The van der Waals surface area contributed by atoms with Gasteiger partial charge in [0.05, 0.1) is 24.0 Å². The van der Waals surface area contributed by atoms with Crippen LogP contribution in [-0.4, -0.2) is 32.5 Å². The Hall–Kier alpha value is -2.81. The van der Waals surface area contributed by atoms with Gasteiger partial charge in [0.1, 0.15) is 23.2 Å². The summed E-state index contributed by atoms with van der Waals surface area (Å²) in [6.45, 7) is 4.51. The van der Waals surface area contributed by atoms with E-state index in [2.05, 4.69) is 15.6 Å². The standard InChI is InChI=1S/C21H24FN5O2S/c1-13(21-24-17-5-3-4-6-18(17)30-21)23-20(28)19-14(2)27(26-25-19)11-12-29-16-9-7-15(22)8-10-16/h7-10,13H,3-6,11-12H2,1-2H3,(H,23,28). The third kappa shape index (κ3) is 4.51. The van der Waals surface area contributed by atoms with Crippen LogP contribution in [0.3, 0.4) is 0 Å². The van der Waals surface area contributed by atoms with Crippen molar-refractivity contribution in [3.8, 4) is 5.75 Å². The van der Waals surface area contributed by atoms with E-state index < -0.39 is 0 Å². The van der Waals surface area contributed by atoms with Crippen molar-refractivity contribution in [3.05, 3.63) is 57.0 Å². The second-order valence-corrected chi connectivity index (χ2v) is 8.49. The molecule has 3 aromatic rings. The maximum Gasteiger partial charge on any atom is 0.274 e. The van der Waals surface area contributed by atoms with Gasteiger partial charge in [-0.25, -0.2) is 14.1 Å².